The first-order valence-electron chi connectivity index (χ1n) is 9.07. The zero-order valence-electron chi connectivity index (χ0n) is 15.8. The summed E-state index contributed by atoms with van der Waals surface area (Å²) in [7, 11) is 0. The predicted molar refractivity (Wildman–Crippen MR) is 113 cm³/mol. The molecule has 0 aliphatic rings. The maximum atomic E-state index is 13.0. The number of fused-ring (bicyclic) bond motifs is 1. The fraction of sp³-hybridized carbons (Fsp3) is 0.350. The summed E-state index contributed by atoms with van der Waals surface area (Å²) in [6, 6.07) is 8.54. The van der Waals surface area contributed by atoms with E-state index in [1.807, 2.05) is 13.8 Å². The molecule has 0 unspecified atom stereocenters. The van der Waals surface area contributed by atoms with Gasteiger partial charge in [-0.2, -0.15) is 0 Å². The van der Waals surface area contributed by atoms with E-state index in [4.69, 9.17) is 16.3 Å². The van der Waals surface area contributed by atoms with E-state index >= 15 is 0 Å². The summed E-state index contributed by atoms with van der Waals surface area (Å²) in [5.41, 5.74) is 0.929. The maximum absolute atomic E-state index is 13.0. The second-order valence-corrected chi connectivity index (χ2v) is 7.96. The van der Waals surface area contributed by atoms with Gasteiger partial charge in [0, 0.05) is 24.4 Å². The Morgan fingerprint density at radius 1 is 1.36 bits per heavy atom. The lowest BCUT2D eigenvalue weighted by Gasteiger charge is -2.14. The molecule has 0 amide bonds. The zero-order chi connectivity index (χ0) is 20.1. The van der Waals surface area contributed by atoms with Crippen LogP contribution in [0.5, 0.6) is 0 Å². The second kappa shape index (κ2) is 9.41. The molecule has 0 saturated carbocycles. The van der Waals surface area contributed by atoms with E-state index in [1.54, 1.807) is 41.1 Å². The number of carbonyl (C=O) groups is 1. The Hall–Kier alpha value is -2.09. The van der Waals surface area contributed by atoms with Crippen molar-refractivity contribution >= 4 is 40.0 Å². The minimum absolute atomic E-state index is 0.0508. The summed E-state index contributed by atoms with van der Waals surface area (Å²) in [4.78, 5) is 32.8. The summed E-state index contributed by atoms with van der Waals surface area (Å²) >= 11 is 7.31. The van der Waals surface area contributed by atoms with Crippen molar-refractivity contribution in [3.8, 4) is 0 Å². The van der Waals surface area contributed by atoms with Crippen molar-refractivity contribution < 1.29 is 9.53 Å². The largest absolute Gasteiger partial charge is 0.379 e. The summed E-state index contributed by atoms with van der Waals surface area (Å²) in [5, 5.41) is 1.53. The maximum Gasteiger partial charge on any atom is 0.262 e. The molecule has 0 spiro atoms. The van der Waals surface area contributed by atoms with Crippen LogP contribution in [-0.4, -0.2) is 38.8 Å². The van der Waals surface area contributed by atoms with Crippen LogP contribution in [0, 0.1) is 0 Å². The molecular formula is C20H22ClN3O3S. The molecule has 0 aliphatic carbocycles. The van der Waals surface area contributed by atoms with Crippen molar-refractivity contribution in [3.05, 3.63) is 57.6 Å². The molecule has 2 heterocycles. The Labute approximate surface area is 172 Å². The SMILES string of the molecule is CC(C)OCCCn1c(SCC(=O)c2ccc[nH]2)nc2cc(Cl)ccc2c1=O. The third kappa shape index (κ3) is 5.04. The monoisotopic (exact) mass is 419 g/mol. The second-order valence-electron chi connectivity index (χ2n) is 6.58. The highest BCUT2D eigenvalue weighted by Gasteiger charge is 2.15. The lowest BCUT2D eigenvalue weighted by Crippen LogP contribution is -2.24. The number of ether oxygens (including phenoxy) is 1. The van der Waals surface area contributed by atoms with Gasteiger partial charge in [0.1, 0.15) is 0 Å². The zero-order valence-corrected chi connectivity index (χ0v) is 17.3. The fourth-order valence-electron chi connectivity index (χ4n) is 2.73. The number of nitrogens with one attached hydrogen (secondary N) is 1. The number of aromatic amines is 1. The van der Waals surface area contributed by atoms with Gasteiger partial charge in [0.15, 0.2) is 10.9 Å². The van der Waals surface area contributed by atoms with E-state index in [-0.39, 0.29) is 23.2 Å². The minimum atomic E-state index is -0.138. The summed E-state index contributed by atoms with van der Waals surface area (Å²) in [5.74, 6) is 0.131. The highest BCUT2D eigenvalue weighted by molar-refractivity contribution is 7.99. The summed E-state index contributed by atoms with van der Waals surface area (Å²) < 4.78 is 7.19. The van der Waals surface area contributed by atoms with Gasteiger partial charge in [-0.3, -0.25) is 14.2 Å². The molecule has 28 heavy (non-hydrogen) atoms. The average Bonchev–Trinajstić information content (AvgIpc) is 3.19. The molecule has 0 atom stereocenters. The van der Waals surface area contributed by atoms with Gasteiger partial charge in [-0.05, 0) is 50.6 Å². The fourth-order valence-corrected chi connectivity index (χ4v) is 3.81. The Balaban J connectivity index is 1.87. The highest BCUT2D eigenvalue weighted by Crippen LogP contribution is 2.21. The molecule has 3 rings (SSSR count). The van der Waals surface area contributed by atoms with Crippen LogP contribution >= 0.6 is 23.4 Å². The quantitative estimate of drug-likeness (QED) is 0.244. The molecule has 8 heteroatoms. The van der Waals surface area contributed by atoms with Crippen LogP contribution in [0.25, 0.3) is 10.9 Å². The molecule has 0 radical (unpaired) electrons. The van der Waals surface area contributed by atoms with E-state index in [0.29, 0.717) is 46.3 Å². The van der Waals surface area contributed by atoms with Gasteiger partial charge >= 0.3 is 0 Å². The standard InChI is InChI=1S/C20H22ClN3O3S/c1-13(2)27-10-4-9-24-19(26)15-7-6-14(21)11-17(15)23-20(24)28-12-18(25)16-5-3-8-22-16/h3,5-8,11,13,22H,4,9-10,12H2,1-2H3. The van der Waals surface area contributed by atoms with Crippen LogP contribution in [0.1, 0.15) is 30.8 Å². The van der Waals surface area contributed by atoms with Crippen molar-refractivity contribution in [1.82, 2.24) is 14.5 Å². The molecule has 0 saturated heterocycles. The molecule has 0 aliphatic heterocycles. The molecule has 0 fully saturated rings. The molecule has 6 nitrogen and oxygen atoms in total. The lowest BCUT2D eigenvalue weighted by atomic mass is 10.2. The van der Waals surface area contributed by atoms with Crippen molar-refractivity contribution in [2.45, 2.75) is 38.1 Å². The number of carbonyl (C=O) groups excluding carboxylic acids is 1. The van der Waals surface area contributed by atoms with Crippen molar-refractivity contribution in [3.63, 3.8) is 0 Å². The Kier molecular flexibility index (Phi) is 6.93. The normalized spacial score (nSPS) is 11.4. The number of ketones is 1. The van der Waals surface area contributed by atoms with Crippen LogP contribution in [0.3, 0.4) is 0 Å². The van der Waals surface area contributed by atoms with Crippen molar-refractivity contribution in [1.29, 1.82) is 0 Å². The van der Waals surface area contributed by atoms with Crippen LogP contribution < -0.4 is 5.56 Å². The van der Waals surface area contributed by atoms with Gasteiger partial charge < -0.3 is 9.72 Å². The van der Waals surface area contributed by atoms with Crippen molar-refractivity contribution in [2.75, 3.05) is 12.4 Å². The Morgan fingerprint density at radius 2 is 2.18 bits per heavy atom. The number of rotatable bonds is 9. The molecular weight excluding hydrogens is 398 g/mol. The third-order valence-corrected chi connectivity index (χ3v) is 5.30. The number of thioether (sulfide) groups is 1. The number of Topliss-reactive ketones (excluding diaryl/α,β-unsaturated/α-hetero) is 1. The van der Waals surface area contributed by atoms with Gasteiger partial charge in [0.05, 0.1) is 28.5 Å². The van der Waals surface area contributed by atoms with Gasteiger partial charge in [-0.15, -0.1) is 0 Å². The molecule has 1 N–H and O–H groups in total. The number of benzene rings is 1. The van der Waals surface area contributed by atoms with Crippen LogP contribution in [0.2, 0.25) is 5.02 Å². The average molecular weight is 420 g/mol. The predicted octanol–water partition coefficient (Wildman–Crippen LogP) is 4.17. The third-order valence-electron chi connectivity index (χ3n) is 4.09. The number of nitrogens with zero attached hydrogens (tertiary/aromatic N) is 2. The van der Waals surface area contributed by atoms with E-state index < -0.39 is 0 Å². The molecule has 1 aromatic carbocycles. The van der Waals surface area contributed by atoms with Crippen LogP contribution in [0.15, 0.2) is 46.5 Å². The number of aromatic nitrogens is 3. The number of H-pyrrole nitrogens is 1. The first-order valence-corrected chi connectivity index (χ1v) is 10.4. The van der Waals surface area contributed by atoms with E-state index in [0.717, 1.165) is 0 Å². The Bertz CT molecular complexity index is 1020. The van der Waals surface area contributed by atoms with Gasteiger partial charge in [0.2, 0.25) is 0 Å². The number of hydrogen-bond donors (Lipinski definition) is 1. The Morgan fingerprint density at radius 3 is 2.89 bits per heavy atom. The van der Waals surface area contributed by atoms with Crippen molar-refractivity contribution in [2.24, 2.45) is 0 Å². The van der Waals surface area contributed by atoms with Gasteiger partial charge in [-0.25, -0.2) is 4.98 Å². The number of hydrogen-bond acceptors (Lipinski definition) is 5. The topological polar surface area (TPSA) is 77.0 Å². The van der Waals surface area contributed by atoms with Gasteiger partial charge in [-0.1, -0.05) is 23.4 Å². The van der Waals surface area contributed by atoms with E-state index in [2.05, 4.69) is 9.97 Å². The minimum Gasteiger partial charge on any atom is -0.379 e. The molecule has 3 aromatic rings. The van der Waals surface area contributed by atoms with Crippen LogP contribution in [-0.2, 0) is 11.3 Å². The van der Waals surface area contributed by atoms with Gasteiger partial charge in [0.25, 0.3) is 5.56 Å². The van der Waals surface area contributed by atoms with Crippen LogP contribution in [0.4, 0.5) is 0 Å². The van der Waals surface area contributed by atoms with E-state index in [1.165, 1.54) is 11.8 Å². The smallest absolute Gasteiger partial charge is 0.262 e. The molecule has 148 valence electrons. The summed E-state index contributed by atoms with van der Waals surface area (Å²) in [6.07, 6.45) is 2.52. The molecule has 0 bridgehead atoms. The highest BCUT2D eigenvalue weighted by atomic mass is 35.5. The van der Waals surface area contributed by atoms with E-state index in [9.17, 15) is 9.59 Å². The lowest BCUT2D eigenvalue weighted by molar-refractivity contribution is 0.0743. The first kappa shape index (κ1) is 20.6. The molecule has 2 aromatic heterocycles. The first-order chi connectivity index (χ1) is 13.5. The summed E-state index contributed by atoms with van der Waals surface area (Å²) in [6.45, 7) is 4.96. The number of halogens is 1.